The Balaban J connectivity index is 0.901. The molecule has 2 aliphatic carbocycles. The van der Waals surface area contributed by atoms with Crippen molar-refractivity contribution in [3.05, 3.63) is 72.6 Å². The van der Waals surface area contributed by atoms with E-state index < -0.39 is 12.2 Å². The molecule has 0 radical (unpaired) electrons. The topological polar surface area (TPSA) is 175 Å². The van der Waals surface area contributed by atoms with E-state index in [1.165, 1.54) is 14.2 Å². The molecule has 2 saturated carbocycles. The van der Waals surface area contributed by atoms with Crippen molar-refractivity contribution < 1.29 is 28.7 Å². The number of rotatable bonds is 9. The summed E-state index contributed by atoms with van der Waals surface area (Å²) in [5, 5.41) is 5.80. The van der Waals surface area contributed by atoms with Crippen LogP contribution in [0.15, 0.2) is 60.9 Å². The molecule has 2 aromatic carbocycles. The van der Waals surface area contributed by atoms with Crippen LogP contribution in [-0.2, 0) is 19.1 Å². The van der Waals surface area contributed by atoms with Crippen molar-refractivity contribution in [3.63, 3.8) is 0 Å². The lowest BCUT2D eigenvalue weighted by atomic mass is 9.83. The number of likely N-dealkylation sites (tertiary alicyclic amines) is 2. The van der Waals surface area contributed by atoms with Crippen molar-refractivity contribution in [1.29, 1.82) is 0 Å². The fraction of sp³-hybridized carbons (Fsp3) is 0.500. The number of aromatic amines is 2. The van der Waals surface area contributed by atoms with Gasteiger partial charge < -0.3 is 39.9 Å². The first kappa shape index (κ1) is 39.2. The Morgan fingerprint density at radius 3 is 1.33 bits per heavy atom. The number of imidazole rings is 2. The maximum absolute atomic E-state index is 13.9. The molecular formula is C44H54N8O6. The van der Waals surface area contributed by atoms with Crippen molar-refractivity contribution in [2.45, 2.75) is 101 Å². The summed E-state index contributed by atoms with van der Waals surface area (Å²) in [5.41, 5.74) is 5.97. The maximum Gasteiger partial charge on any atom is 0.407 e. The fourth-order valence-electron chi connectivity index (χ4n) is 9.66. The van der Waals surface area contributed by atoms with Crippen LogP contribution in [0.3, 0.4) is 0 Å². The summed E-state index contributed by atoms with van der Waals surface area (Å²) in [4.78, 5) is 72.1. The summed E-state index contributed by atoms with van der Waals surface area (Å²) in [6.07, 6.45) is 13.1. The number of hydrogen-bond acceptors (Lipinski definition) is 8. The van der Waals surface area contributed by atoms with Crippen molar-refractivity contribution in [2.75, 3.05) is 27.3 Å². The van der Waals surface area contributed by atoms with Gasteiger partial charge in [0.25, 0.3) is 0 Å². The van der Waals surface area contributed by atoms with Crippen LogP contribution < -0.4 is 10.6 Å². The molecule has 14 heteroatoms. The predicted molar refractivity (Wildman–Crippen MR) is 217 cm³/mol. The third-order valence-corrected chi connectivity index (χ3v) is 12.8. The SMILES string of the molecule is COC(=O)N[C@@H]1CCCCC1C(=O)N1CCC[C@H]1c1ncc(-c2ccc(-c3ccc(-c4cnc([C@@H]5CCCN5C(=O)[C@H]5CCCC[C@H]5NC(=O)OC)[nH]4)cc3)cc2)[nH]1. The molecule has 4 amide bonds. The van der Waals surface area contributed by atoms with Crippen molar-refractivity contribution in [3.8, 4) is 33.6 Å². The minimum absolute atomic E-state index is 0.0810. The maximum atomic E-state index is 13.9. The number of carbonyl (C=O) groups is 4. The number of aromatic nitrogens is 4. The van der Waals surface area contributed by atoms with Gasteiger partial charge in [0.2, 0.25) is 11.8 Å². The van der Waals surface area contributed by atoms with Gasteiger partial charge in [0.15, 0.2) is 0 Å². The van der Waals surface area contributed by atoms with Gasteiger partial charge in [0.1, 0.15) is 11.6 Å². The van der Waals surface area contributed by atoms with Gasteiger partial charge in [-0.25, -0.2) is 19.6 Å². The molecule has 2 saturated heterocycles. The highest BCUT2D eigenvalue weighted by atomic mass is 16.5. The average molecular weight is 791 g/mol. The molecule has 4 N–H and O–H groups in total. The Morgan fingerprint density at radius 1 is 0.552 bits per heavy atom. The molecule has 1 unspecified atom stereocenters. The number of amides is 4. The van der Waals surface area contributed by atoms with Crippen LogP contribution in [0.5, 0.6) is 0 Å². The number of alkyl carbamates (subject to hydrolysis) is 2. The molecule has 4 fully saturated rings. The van der Waals surface area contributed by atoms with Gasteiger partial charge in [0.05, 0.1) is 61.9 Å². The van der Waals surface area contributed by atoms with E-state index in [9.17, 15) is 19.2 Å². The lowest BCUT2D eigenvalue weighted by Crippen LogP contribution is -2.49. The number of carbonyl (C=O) groups excluding carboxylic acids is 4. The molecule has 0 spiro atoms. The van der Waals surface area contributed by atoms with E-state index in [1.54, 1.807) is 0 Å². The van der Waals surface area contributed by atoms with Crippen LogP contribution in [0.25, 0.3) is 33.6 Å². The summed E-state index contributed by atoms with van der Waals surface area (Å²) in [5.74, 6) is 1.21. The van der Waals surface area contributed by atoms with E-state index in [0.29, 0.717) is 13.1 Å². The van der Waals surface area contributed by atoms with Crippen molar-refractivity contribution >= 4 is 24.0 Å². The second-order valence-corrected chi connectivity index (χ2v) is 16.2. The first-order valence-electron chi connectivity index (χ1n) is 20.9. The Bertz CT molecular complexity index is 1930. The molecule has 2 aromatic heterocycles. The predicted octanol–water partition coefficient (Wildman–Crippen LogP) is 7.29. The van der Waals surface area contributed by atoms with Crippen molar-refractivity contribution in [1.82, 2.24) is 40.4 Å². The molecule has 0 bridgehead atoms. The van der Waals surface area contributed by atoms with Crippen LogP contribution >= 0.6 is 0 Å². The minimum Gasteiger partial charge on any atom is -0.453 e. The van der Waals surface area contributed by atoms with Gasteiger partial charge in [-0.1, -0.05) is 74.2 Å². The lowest BCUT2D eigenvalue weighted by Gasteiger charge is -2.35. The smallest absolute Gasteiger partial charge is 0.407 e. The summed E-state index contributed by atoms with van der Waals surface area (Å²) in [6.45, 7) is 1.35. The number of hydrogen-bond donors (Lipinski definition) is 4. The van der Waals surface area contributed by atoms with Gasteiger partial charge >= 0.3 is 12.2 Å². The summed E-state index contributed by atoms with van der Waals surface area (Å²) in [6, 6.07) is 16.0. The second kappa shape index (κ2) is 17.5. The normalized spacial score (nSPS) is 24.7. The summed E-state index contributed by atoms with van der Waals surface area (Å²) in [7, 11) is 2.70. The molecule has 4 aliphatic rings. The van der Waals surface area contributed by atoms with Gasteiger partial charge in [-0.2, -0.15) is 0 Å². The van der Waals surface area contributed by atoms with E-state index >= 15 is 0 Å². The molecule has 14 nitrogen and oxygen atoms in total. The minimum atomic E-state index is -0.491. The highest BCUT2D eigenvalue weighted by Gasteiger charge is 2.41. The first-order chi connectivity index (χ1) is 28.3. The van der Waals surface area contributed by atoms with E-state index in [2.05, 4.69) is 69.1 Å². The molecule has 4 aromatic rings. The van der Waals surface area contributed by atoms with Gasteiger partial charge in [-0.05, 0) is 73.6 Å². The first-order valence-corrected chi connectivity index (χ1v) is 20.9. The van der Waals surface area contributed by atoms with E-state index in [1.807, 2.05) is 22.2 Å². The molecule has 6 atom stereocenters. The Hall–Kier alpha value is -5.66. The van der Waals surface area contributed by atoms with E-state index in [0.717, 1.165) is 122 Å². The molecule has 58 heavy (non-hydrogen) atoms. The van der Waals surface area contributed by atoms with Gasteiger partial charge in [-0.3, -0.25) is 9.59 Å². The largest absolute Gasteiger partial charge is 0.453 e. The van der Waals surface area contributed by atoms with Crippen molar-refractivity contribution in [2.24, 2.45) is 11.8 Å². The van der Waals surface area contributed by atoms with E-state index in [4.69, 9.17) is 19.4 Å². The molecule has 2 aliphatic heterocycles. The van der Waals surface area contributed by atoms with Gasteiger partial charge in [0, 0.05) is 25.2 Å². The zero-order chi connectivity index (χ0) is 40.2. The summed E-state index contributed by atoms with van der Waals surface area (Å²) >= 11 is 0. The Labute approximate surface area is 338 Å². The van der Waals surface area contributed by atoms with Gasteiger partial charge in [-0.15, -0.1) is 0 Å². The number of benzene rings is 2. The van der Waals surface area contributed by atoms with Crippen LogP contribution in [0.2, 0.25) is 0 Å². The third-order valence-electron chi connectivity index (χ3n) is 12.8. The third kappa shape index (κ3) is 8.19. The number of methoxy groups -OCH3 is 2. The molecule has 306 valence electrons. The van der Waals surface area contributed by atoms with Crippen LogP contribution in [0.1, 0.15) is 101 Å². The highest BCUT2D eigenvalue weighted by molar-refractivity contribution is 5.82. The summed E-state index contributed by atoms with van der Waals surface area (Å²) < 4.78 is 9.66. The number of H-pyrrole nitrogens is 2. The fourth-order valence-corrected chi connectivity index (χ4v) is 9.66. The monoisotopic (exact) mass is 790 g/mol. The molecule has 8 rings (SSSR count). The van der Waals surface area contributed by atoms with Crippen LogP contribution in [-0.4, -0.2) is 93.1 Å². The average Bonchev–Trinajstić information content (AvgIpc) is 4.11. The van der Waals surface area contributed by atoms with E-state index in [-0.39, 0.29) is 47.8 Å². The Morgan fingerprint density at radius 2 is 0.931 bits per heavy atom. The molecular weight excluding hydrogens is 737 g/mol. The standard InChI is InChI=1S/C44H54N8O6/c1-57-43(55)49-33-11-5-3-9-31(33)41(53)51-23-7-13-37(51)39-45-25-35(47-39)29-19-15-27(16-20-29)28-17-21-30(22-18-28)36-26-46-40(48-36)38-14-8-24-52(38)42(54)32-10-4-6-12-34(32)50-44(56)58-2/h15-22,25-26,31-34,37-38H,3-14,23-24H2,1-2H3,(H,45,47)(H,46,48)(H,49,55)(H,50,56)/t31-,32?,33+,34+,37-,38-/m0/s1. The quantitative estimate of drug-likeness (QED) is 0.137. The van der Waals surface area contributed by atoms with Crippen LogP contribution in [0, 0.1) is 11.8 Å². The lowest BCUT2D eigenvalue weighted by molar-refractivity contribution is -0.139. The second-order valence-electron chi connectivity index (χ2n) is 16.2. The highest BCUT2D eigenvalue weighted by Crippen LogP contribution is 2.38. The number of nitrogens with one attached hydrogen (secondary N) is 4. The number of ether oxygens (including phenoxy) is 2. The zero-order valence-corrected chi connectivity index (χ0v) is 33.4. The number of nitrogens with zero attached hydrogens (tertiary/aromatic N) is 4. The Kier molecular flexibility index (Phi) is 11.8. The molecule has 4 heterocycles. The zero-order valence-electron chi connectivity index (χ0n) is 33.4. The van der Waals surface area contributed by atoms with Crippen LogP contribution in [0.4, 0.5) is 9.59 Å².